The van der Waals surface area contributed by atoms with Crippen molar-refractivity contribution in [2.24, 2.45) is 0 Å². The van der Waals surface area contributed by atoms with Gasteiger partial charge in [0.1, 0.15) is 0 Å². The van der Waals surface area contributed by atoms with Gasteiger partial charge in [-0.25, -0.2) is 0 Å². The molecule has 6 rings (SSSR count). The van der Waals surface area contributed by atoms with E-state index in [1.54, 1.807) is 6.55 Å². The van der Waals surface area contributed by atoms with Crippen molar-refractivity contribution in [2.45, 2.75) is 118 Å². The number of fused-ring (bicyclic) bond motifs is 3. The van der Waals surface area contributed by atoms with Crippen LogP contribution < -0.4 is 9.81 Å². The van der Waals surface area contributed by atoms with E-state index in [1.165, 1.54) is 76.7 Å². The second-order valence-electron chi connectivity index (χ2n) is 17.0. The van der Waals surface area contributed by atoms with Gasteiger partial charge in [0.15, 0.2) is 0 Å². The minimum absolute atomic E-state index is 0. The second-order valence-corrected chi connectivity index (χ2v) is 29.9. The van der Waals surface area contributed by atoms with E-state index in [1.807, 2.05) is 0 Å². The van der Waals surface area contributed by atoms with Crippen molar-refractivity contribution in [3.8, 4) is 11.1 Å². The molecule has 0 radical (unpaired) electrons. The molecule has 2 aliphatic rings. The number of hydrogen-bond acceptors (Lipinski definition) is 0. The zero-order chi connectivity index (χ0) is 34.3. The summed E-state index contributed by atoms with van der Waals surface area (Å²) in [6, 6.07) is 32.2. The van der Waals surface area contributed by atoms with Crippen molar-refractivity contribution in [2.75, 3.05) is 0 Å². The molecule has 4 aromatic carbocycles. The first-order valence-electron chi connectivity index (χ1n) is 18.7. The Bertz CT molecular complexity index is 1890. The average Bonchev–Trinajstić information content (AvgIpc) is 3.74. The van der Waals surface area contributed by atoms with Crippen molar-refractivity contribution in [1.82, 2.24) is 0 Å². The Balaban J connectivity index is 0.00000281. The maximum atomic E-state index is 5.80. The van der Waals surface area contributed by atoms with Gasteiger partial charge in [-0.15, -0.1) is 24.8 Å². The SMILES string of the molecule is Cl.Cl.[CH2]=[Zr]([C]1=CC=CC1)([c]1ccc(CCCC)cc1)([c]1ccc(CCCC)cc1)[c]1cc(C(C)(C)C)cc2c1Cc1ccc(C(C)(C)C)cc1-2. The Labute approximate surface area is 317 Å². The van der Waals surface area contributed by atoms with E-state index in [0.717, 1.165) is 25.7 Å². The van der Waals surface area contributed by atoms with Crippen molar-refractivity contribution >= 4 is 38.8 Å². The van der Waals surface area contributed by atoms with Crippen LogP contribution in [0.4, 0.5) is 0 Å². The topological polar surface area (TPSA) is 0 Å². The summed E-state index contributed by atoms with van der Waals surface area (Å²) < 4.78 is 11.8. The number of aryl methyl sites for hydroxylation is 2. The number of rotatable bonds is 10. The number of unbranched alkanes of at least 4 members (excludes halogenated alkanes) is 2. The molecule has 0 amide bonds. The monoisotopic (exact) mass is 784 g/mol. The van der Waals surface area contributed by atoms with Crippen molar-refractivity contribution in [1.29, 1.82) is 0 Å². The fourth-order valence-corrected chi connectivity index (χ4v) is 23.7. The summed E-state index contributed by atoms with van der Waals surface area (Å²) >= 11 is -4.82. The molecule has 266 valence electrons. The van der Waals surface area contributed by atoms with Crippen LogP contribution in [0.15, 0.2) is 100 Å². The van der Waals surface area contributed by atoms with Crippen LogP contribution in [-0.2, 0) is 48.4 Å². The van der Waals surface area contributed by atoms with Gasteiger partial charge in [-0.2, -0.15) is 0 Å². The van der Waals surface area contributed by atoms with Crippen LogP contribution in [0.2, 0.25) is 0 Å². The van der Waals surface area contributed by atoms with E-state index in [4.69, 9.17) is 4.21 Å². The van der Waals surface area contributed by atoms with E-state index in [0.29, 0.717) is 0 Å². The third-order valence-corrected chi connectivity index (χ3v) is 28.0. The van der Waals surface area contributed by atoms with Crippen LogP contribution in [0, 0.1) is 0 Å². The third-order valence-electron chi connectivity index (χ3n) is 11.6. The summed E-state index contributed by atoms with van der Waals surface area (Å²) in [6.07, 6.45) is 16.2. The van der Waals surface area contributed by atoms with Crippen molar-refractivity contribution in [3.63, 3.8) is 0 Å². The molecule has 0 aromatic heterocycles. The summed E-state index contributed by atoms with van der Waals surface area (Å²) in [5, 5.41) is 0. The second kappa shape index (κ2) is 15.4. The molecule has 0 fully saturated rings. The van der Waals surface area contributed by atoms with Crippen molar-refractivity contribution in [3.05, 3.63) is 134 Å². The average molecular weight is 787 g/mol. The summed E-state index contributed by atoms with van der Waals surface area (Å²) in [4.78, 5) is 0. The number of benzene rings is 4. The Kier molecular flexibility index (Phi) is 12.4. The fourth-order valence-electron chi connectivity index (χ4n) is 8.38. The molecule has 50 heavy (non-hydrogen) atoms. The van der Waals surface area contributed by atoms with Gasteiger partial charge in [-0.05, 0) is 0 Å². The number of halogens is 2. The van der Waals surface area contributed by atoms with Crippen LogP contribution >= 0.6 is 24.8 Å². The predicted molar refractivity (Wildman–Crippen MR) is 225 cm³/mol. The first-order valence-corrected chi connectivity index (χ1v) is 25.3. The van der Waals surface area contributed by atoms with Crippen molar-refractivity contribution < 1.29 is 18.3 Å². The van der Waals surface area contributed by atoms with Gasteiger partial charge in [0.25, 0.3) is 0 Å². The molecule has 0 spiro atoms. The van der Waals surface area contributed by atoms with E-state index < -0.39 is 18.3 Å². The number of allylic oxidation sites excluding steroid dienone is 4. The molecule has 0 bridgehead atoms. The van der Waals surface area contributed by atoms with Crippen LogP contribution in [-0.4, -0.2) is 4.21 Å². The molecule has 0 heterocycles. The molecule has 0 saturated heterocycles. The van der Waals surface area contributed by atoms with Gasteiger partial charge < -0.3 is 0 Å². The minimum atomic E-state index is -4.82. The molecule has 0 nitrogen and oxygen atoms in total. The van der Waals surface area contributed by atoms with E-state index in [9.17, 15) is 0 Å². The Morgan fingerprint density at radius 3 is 1.62 bits per heavy atom. The zero-order valence-electron chi connectivity index (χ0n) is 31.9. The fraction of sp³-hybridized carbons (Fsp3) is 0.383. The first kappa shape index (κ1) is 40.5. The van der Waals surface area contributed by atoms with Gasteiger partial charge in [-0.1, -0.05) is 0 Å². The molecule has 0 atom stereocenters. The first-order chi connectivity index (χ1) is 22.8. The third kappa shape index (κ3) is 7.06. The van der Waals surface area contributed by atoms with Gasteiger partial charge in [0.2, 0.25) is 0 Å². The molecule has 0 unspecified atom stereocenters. The predicted octanol–water partition coefficient (Wildman–Crippen LogP) is 11.6. The quantitative estimate of drug-likeness (QED) is 0.132. The molecule has 3 heteroatoms. The van der Waals surface area contributed by atoms with E-state index in [2.05, 4.69) is 152 Å². The van der Waals surface area contributed by atoms with E-state index >= 15 is 0 Å². The zero-order valence-corrected chi connectivity index (χ0v) is 36.0. The molecular weight excluding hydrogens is 727 g/mol. The molecule has 0 aliphatic heterocycles. The van der Waals surface area contributed by atoms with Gasteiger partial charge in [-0.3, -0.25) is 0 Å². The summed E-state index contributed by atoms with van der Waals surface area (Å²) in [5.41, 5.74) is 11.6. The Morgan fingerprint density at radius 1 is 0.640 bits per heavy atom. The van der Waals surface area contributed by atoms with Gasteiger partial charge in [0, 0.05) is 0 Å². The molecular formula is C47H60Cl2Zr. The Hall–Kier alpha value is -2.31. The van der Waals surface area contributed by atoms with Crippen LogP contribution in [0.25, 0.3) is 11.1 Å². The number of hydrogen-bond donors (Lipinski definition) is 0. The summed E-state index contributed by atoms with van der Waals surface area (Å²) in [6.45, 7) is 18.7. The van der Waals surface area contributed by atoms with Gasteiger partial charge >= 0.3 is 295 Å². The Morgan fingerprint density at radius 2 is 1.16 bits per heavy atom. The van der Waals surface area contributed by atoms with Crippen LogP contribution in [0.1, 0.15) is 121 Å². The van der Waals surface area contributed by atoms with Crippen LogP contribution in [0.5, 0.6) is 0 Å². The van der Waals surface area contributed by atoms with E-state index in [-0.39, 0.29) is 35.6 Å². The van der Waals surface area contributed by atoms with Gasteiger partial charge in [0.05, 0.1) is 0 Å². The molecule has 0 saturated carbocycles. The molecule has 4 aromatic rings. The standard InChI is InChI=1S/C21H25.2C10H13.C5H5.CH2.2ClH.Zr/c1-20(2,3)16-9-7-14-11-15-8-10-17(21(4,5)6)13-19(15)18(14)12-16;2*1-2-3-7-10-8-5-4-6-9-10;1-2-4-5-3-1;;;;/h7,9-10,12-13H,11H2,1-6H3;2*5-6,8-9H,2-3,7H2,1H3;1-3H,4H2;1H2;2*1H;. The summed E-state index contributed by atoms with van der Waals surface area (Å²) in [5.74, 6) is 0. The summed E-state index contributed by atoms with van der Waals surface area (Å²) in [7, 11) is 0. The van der Waals surface area contributed by atoms with Crippen LogP contribution in [0.3, 0.4) is 0 Å². The normalized spacial score (nSPS) is 14.1. The maximum absolute atomic E-state index is 5.80. The molecule has 2 aliphatic carbocycles. The molecule has 0 N–H and O–H groups in total.